The van der Waals surface area contributed by atoms with Crippen LogP contribution in [0, 0.1) is 20.8 Å². The molecule has 38 heavy (non-hydrogen) atoms. The Labute approximate surface area is 227 Å². The summed E-state index contributed by atoms with van der Waals surface area (Å²) in [5.41, 5.74) is 14.1. The number of pyridine rings is 1. The van der Waals surface area contributed by atoms with Gasteiger partial charge >= 0.3 is 0 Å². The monoisotopic (exact) mass is 527 g/mol. The number of nitrogens with zero attached hydrogens (tertiary/aromatic N) is 2. The van der Waals surface area contributed by atoms with E-state index in [0.29, 0.717) is 17.2 Å². The molecule has 8 heteroatoms. The maximum Gasteiger partial charge on any atom is 0.251 e. The highest BCUT2D eigenvalue weighted by molar-refractivity contribution is 7.14. The van der Waals surface area contributed by atoms with Crippen LogP contribution in [0.5, 0.6) is 0 Å². The highest BCUT2D eigenvalue weighted by Gasteiger charge is 2.22. The van der Waals surface area contributed by atoms with Crippen LogP contribution in [0.3, 0.4) is 0 Å². The number of aromatic nitrogens is 2. The molecular weight excluding hydrogens is 494 g/mol. The molecule has 4 rings (SSSR count). The van der Waals surface area contributed by atoms with Crippen molar-refractivity contribution in [3.63, 3.8) is 0 Å². The summed E-state index contributed by atoms with van der Waals surface area (Å²) in [4.78, 5) is 34.3. The zero-order valence-corrected chi connectivity index (χ0v) is 23.2. The van der Waals surface area contributed by atoms with Crippen LogP contribution in [0.2, 0.25) is 0 Å². The number of hydrogen-bond donors (Lipinski definition) is 3. The SMILES string of the molecule is Cc1cc(-c2cccc(-c3csc(NC(=O)CNC(=O)c4ccc(C)c(C(C)(C)CN)c4)n3)c2)cc(C)n1. The van der Waals surface area contributed by atoms with Gasteiger partial charge in [-0.3, -0.25) is 14.6 Å². The van der Waals surface area contributed by atoms with E-state index in [2.05, 4.69) is 44.9 Å². The highest BCUT2D eigenvalue weighted by atomic mass is 32.1. The van der Waals surface area contributed by atoms with Gasteiger partial charge in [0.1, 0.15) is 0 Å². The summed E-state index contributed by atoms with van der Waals surface area (Å²) in [6.07, 6.45) is 0. The number of aryl methyl sites for hydroxylation is 3. The summed E-state index contributed by atoms with van der Waals surface area (Å²) in [6.45, 7) is 10.4. The number of nitrogens with one attached hydrogen (secondary N) is 2. The fourth-order valence-corrected chi connectivity index (χ4v) is 5.09. The summed E-state index contributed by atoms with van der Waals surface area (Å²) in [5.74, 6) is -0.655. The molecule has 0 unspecified atom stereocenters. The zero-order valence-electron chi connectivity index (χ0n) is 22.4. The first-order chi connectivity index (χ1) is 18.1. The first-order valence-electron chi connectivity index (χ1n) is 12.5. The van der Waals surface area contributed by atoms with Crippen molar-refractivity contribution in [2.75, 3.05) is 18.4 Å². The average Bonchev–Trinajstić information content (AvgIpc) is 3.35. The molecule has 2 aromatic heterocycles. The Morgan fingerprint density at radius 1 is 0.921 bits per heavy atom. The molecule has 0 aliphatic rings. The van der Waals surface area contributed by atoms with E-state index in [9.17, 15) is 9.59 Å². The Morgan fingerprint density at radius 2 is 1.63 bits per heavy atom. The van der Waals surface area contributed by atoms with Gasteiger partial charge < -0.3 is 16.4 Å². The van der Waals surface area contributed by atoms with Crippen LogP contribution < -0.4 is 16.4 Å². The van der Waals surface area contributed by atoms with Gasteiger partial charge in [-0.1, -0.05) is 38.1 Å². The molecule has 0 aliphatic carbocycles. The standard InChI is InChI=1S/C30H33N5O2S/c1-18-9-10-23(14-25(18)30(4,5)17-31)28(37)32-15-27(36)35-29-34-26(16-38-29)22-8-6-7-21(13-22)24-11-19(2)33-20(3)12-24/h6-14,16H,15,17,31H2,1-5H3,(H,32,37)(H,34,35,36). The lowest BCUT2D eigenvalue weighted by molar-refractivity contribution is -0.115. The van der Waals surface area contributed by atoms with E-state index in [-0.39, 0.29) is 23.8 Å². The lowest BCUT2D eigenvalue weighted by Crippen LogP contribution is -2.33. The van der Waals surface area contributed by atoms with Crippen molar-refractivity contribution in [1.82, 2.24) is 15.3 Å². The number of rotatable bonds is 8. The van der Waals surface area contributed by atoms with Gasteiger partial charge in [0, 0.05) is 39.9 Å². The van der Waals surface area contributed by atoms with Crippen molar-refractivity contribution in [3.8, 4) is 22.4 Å². The maximum atomic E-state index is 12.7. The fraction of sp³-hybridized carbons (Fsp3) is 0.267. The molecule has 0 bridgehead atoms. The third kappa shape index (κ3) is 6.33. The lowest BCUT2D eigenvalue weighted by atomic mass is 9.81. The molecule has 196 valence electrons. The van der Waals surface area contributed by atoms with Gasteiger partial charge in [0.05, 0.1) is 12.2 Å². The van der Waals surface area contributed by atoms with Crippen LogP contribution in [0.25, 0.3) is 22.4 Å². The zero-order chi connectivity index (χ0) is 27.4. The number of carbonyl (C=O) groups excluding carboxylic acids is 2. The van der Waals surface area contributed by atoms with Crippen molar-refractivity contribution in [3.05, 3.63) is 88.1 Å². The summed E-state index contributed by atoms with van der Waals surface area (Å²) in [6, 6.07) is 17.8. The first kappa shape index (κ1) is 27.2. The Morgan fingerprint density at radius 3 is 2.34 bits per heavy atom. The van der Waals surface area contributed by atoms with Gasteiger partial charge in [-0.05, 0) is 73.4 Å². The van der Waals surface area contributed by atoms with E-state index in [1.807, 2.05) is 64.3 Å². The number of hydrogen-bond acceptors (Lipinski definition) is 6. The van der Waals surface area contributed by atoms with Crippen molar-refractivity contribution < 1.29 is 9.59 Å². The third-order valence-electron chi connectivity index (χ3n) is 6.47. The number of amides is 2. The van der Waals surface area contributed by atoms with E-state index in [4.69, 9.17) is 5.73 Å². The van der Waals surface area contributed by atoms with Crippen LogP contribution in [-0.2, 0) is 10.2 Å². The van der Waals surface area contributed by atoms with Crippen molar-refractivity contribution >= 4 is 28.3 Å². The van der Waals surface area contributed by atoms with Crippen molar-refractivity contribution in [2.45, 2.75) is 40.0 Å². The molecule has 0 aliphatic heterocycles. The molecule has 4 aromatic rings. The minimum atomic E-state index is -0.342. The van der Waals surface area contributed by atoms with Gasteiger partial charge in [0.2, 0.25) is 5.91 Å². The molecule has 0 radical (unpaired) electrons. The predicted octanol–water partition coefficient (Wildman–Crippen LogP) is 5.40. The molecule has 0 saturated carbocycles. The molecule has 0 fully saturated rings. The fourth-order valence-electron chi connectivity index (χ4n) is 4.35. The molecular formula is C30H33N5O2S. The molecule has 4 N–H and O–H groups in total. The van der Waals surface area contributed by atoms with Gasteiger partial charge in [-0.25, -0.2) is 4.98 Å². The Hall–Kier alpha value is -3.88. The molecule has 0 atom stereocenters. The van der Waals surface area contributed by atoms with Gasteiger partial charge in [0.15, 0.2) is 5.13 Å². The minimum Gasteiger partial charge on any atom is -0.343 e. The topological polar surface area (TPSA) is 110 Å². The summed E-state index contributed by atoms with van der Waals surface area (Å²) in [7, 11) is 0. The van der Waals surface area contributed by atoms with Crippen LogP contribution in [-0.4, -0.2) is 34.9 Å². The average molecular weight is 528 g/mol. The quantitative estimate of drug-likeness (QED) is 0.284. The van der Waals surface area contributed by atoms with Crippen molar-refractivity contribution in [2.24, 2.45) is 5.73 Å². The summed E-state index contributed by atoms with van der Waals surface area (Å²) >= 11 is 1.34. The van der Waals surface area contributed by atoms with Crippen LogP contribution in [0.4, 0.5) is 5.13 Å². The van der Waals surface area contributed by atoms with Crippen LogP contribution in [0.1, 0.15) is 46.7 Å². The van der Waals surface area contributed by atoms with E-state index in [1.54, 1.807) is 6.07 Å². The summed E-state index contributed by atoms with van der Waals surface area (Å²) < 4.78 is 0. The summed E-state index contributed by atoms with van der Waals surface area (Å²) in [5, 5.41) is 7.86. The smallest absolute Gasteiger partial charge is 0.251 e. The molecule has 0 saturated heterocycles. The van der Waals surface area contributed by atoms with E-state index in [1.165, 1.54) is 11.3 Å². The first-order valence-corrected chi connectivity index (χ1v) is 13.3. The number of benzene rings is 2. The van der Waals surface area contributed by atoms with Gasteiger partial charge in [0.25, 0.3) is 5.91 Å². The number of nitrogens with two attached hydrogens (primary N) is 1. The Bertz CT molecular complexity index is 1470. The van der Waals surface area contributed by atoms with E-state index < -0.39 is 0 Å². The van der Waals surface area contributed by atoms with Crippen molar-refractivity contribution in [1.29, 1.82) is 0 Å². The van der Waals surface area contributed by atoms with Gasteiger partial charge in [-0.2, -0.15) is 0 Å². The van der Waals surface area contributed by atoms with E-state index in [0.717, 1.165) is 44.9 Å². The van der Waals surface area contributed by atoms with Crippen LogP contribution in [0.15, 0.2) is 60.0 Å². The molecule has 7 nitrogen and oxygen atoms in total. The predicted molar refractivity (Wildman–Crippen MR) is 154 cm³/mol. The van der Waals surface area contributed by atoms with E-state index >= 15 is 0 Å². The number of carbonyl (C=O) groups is 2. The normalized spacial score (nSPS) is 11.3. The lowest BCUT2D eigenvalue weighted by Gasteiger charge is -2.25. The highest BCUT2D eigenvalue weighted by Crippen LogP contribution is 2.30. The number of thiazole rings is 1. The molecule has 2 heterocycles. The minimum absolute atomic E-state index is 0.159. The maximum absolute atomic E-state index is 12.7. The number of anilines is 1. The van der Waals surface area contributed by atoms with Gasteiger partial charge in [-0.15, -0.1) is 11.3 Å². The second-order valence-corrected chi connectivity index (χ2v) is 11.0. The molecule has 2 aromatic carbocycles. The largest absolute Gasteiger partial charge is 0.343 e. The second kappa shape index (κ2) is 11.2. The Kier molecular flexibility index (Phi) is 8.04. The van der Waals surface area contributed by atoms with Crippen LogP contribution >= 0.6 is 11.3 Å². The third-order valence-corrected chi connectivity index (χ3v) is 7.23. The Balaban J connectivity index is 1.39. The molecule has 2 amide bonds. The molecule has 0 spiro atoms. The second-order valence-electron chi connectivity index (χ2n) is 10.1.